The smallest absolute Gasteiger partial charge is 0.227 e. The Morgan fingerprint density at radius 2 is 1.90 bits per heavy atom. The van der Waals surface area contributed by atoms with Crippen molar-refractivity contribution in [2.24, 2.45) is 0 Å². The molecule has 0 amide bonds. The lowest BCUT2D eigenvalue weighted by molar-refractivity contribution is 0.441. The molecular weight excluding hydrogens is 288 g/mol. The van der Waals surface area contributed by atoms with E-state index in [-0.39, 0.29) is 5.41 Å². The lowest BCUT2D eigenvalue weighted by Crippen LogP contribution is -2.18. The van der Waals surface area contributed by atoms with Gasteiger partial charge in [-0.2, -0.15) is 4.98 Å². The van der Waals surface area contributed by atoms with Gasteiger partial charge in [-0.25, -0.2) is 4.98 Å². The Kier molecular flexibility index (Phi) is 4.32. The number of pyridine rings is 1. The number of hydrogen-bond donors (Lipinski definition) is 1. The summed E-state index contributed by atoms with van der Waals surface area (Å²) in [4.78, 5) is 13.1. The molecule has 112 valence electrons. The van der Waals surface area contributed by atoms with Crippen LogP contribution in [0.25, 0.3) is 0 Å². The van der Waals surface area contributed by atoms with Gasteiger partial charge in [-0.15, -0.1) is 0 Å². The molecule has 0 saturated carbocycles. The van der Waals surface area contributed by atoms with Gasteiger partial charge in [-0.05, 0) is 6.92 Å². The molecule has 1 N–H and O–H groups in total. The molecule has 0 spiro atoms. The van der Waals surface area contributed by atoms with Crippen molar-refractivity contribution in [2.75, 3.05) is 12.4 Å². The summed E-state index contributed by atoms with van der Waals surface area (Å²) >= 11 is 5.93. The average molecular weight is 307 g/mol. The van der Waals surface area contributed by atoms with Crippen molar-refractivity contribution in [1.29, 1.82) is 0 Å². The third-order valence-corrected chi connectivity index (χ3v) is 3.11. The normalized spacial score (nSPS) is 11.3. The van der Waals surface area contributed by atoms with Gasteiger partial charge in [0.15, 0.2) is 0 Å². The SMILES string of the molecule is CNc1nc(C(C)(C)C)nc(Oc2cncc(Cl)c2)c1C. The van der Waals surface area contributed by atoms with Crippen LogP contribution in [0.5, 0.6) is 11.6 Å². The van der Waals surface area contributed by atoms with Crippen molar-refractivity contribution < 1.29 is 4.74 Å². The van der Waals surface area contributed by atoms with E-state index in [1.54, 1.807) is 18.5 Å². The van der Waals surface area contributed by atoms with Gasteiger partial charge in [0.1, 0.15) is 17.4 Å². The Morgan fingerprint density at radius 1 is 1.19 bits per heavy atom. The summed E-state index contributed by atoms with van der Waals surface area (Å²) in [5.41, 5.74) is 0.662. The maximum absolute atomic E-state index is 5.93. The summed E-state index contributed by atoms with van der Waals surface area (Å²) in [5, 5.41) is 3.59. The van der Waals surface area contributed by atoms with Crippen LogP contribution in [0.4, 0.5) is 5.82 Å². The number of nitrogens with zero attached hydrogens (tertiary/aromatic N) is 3. The number of halogens is 1. The van der Waals surface area contributed by atoms with Gasteiger partial charge in [-0.1, -0.05) is 32.4 Å². The minimum absolute atomic E-state index is 0.177. The van der Waals surface area contributed by atoms with E-state index in [1.165, 1.54) is 0 Å². The Morgan fingerprint density at radius 3 is 2.48 bits per heavy atom. The first-order valence-corrected chi connectivity index (χ1v) is 7.04. The lowest BCUT2D eigenvalue weighted by Gasteiger charge is -2.20. The monoisotopic (exact) mass is 306 g/mol. The molecule has 0 aliphatic heterocycles. The van der Waals surface area contributed by atoms with Crippen LogP contribution in [0.1, 0.15) is 32.2 Å². The number of ether oxygens (including phenoxy) is 1. The third kappa shape index (κ3) is 3.61. The van der Waals surface area contributed by atoms with Crippen molar-refractivity contribution in [3.8, 4) is 11.6 Å². The average Bonchev–Trinajstić information content (AvgIpc) is 2.40. The van der Waals surface area contributed by atoms with Crippen LogP contribution < -0.4 is 10.1 Å². The molecule has 2 aromatic heterocycles. The van der Waals surface area contributed by atoms with Crippen molar-refractivity contribution in [1.82, 2.24) is 15.0 Å². The molecule has 0 aromatic carbocycles. The highest BCUT2D eigenvalue weighted by atomic mass is 35.5. The van der Waals surface area contributed by atoms with E-state index >= 15 is 0 Å². The molecular formula is C15H19ClN4O. The molecule has 0 aliphatic carbocycles. The van der Waals surface area contributed by atoms with Crippen molar-refractivity contribution >= 4 is 17.4 Å². The van der Waals surface area contributed by atoms with E-state index in [0.29, 0.717) is 22.5 Å². The summed E-state index contributed by atoms with van der Waals surface area (Å²) in [7, 11) is 1.83. The van der Waals surface area contributed by atoms with Crippen LogP contribution in [0.2, 0.25) is 5.02 Å². The van der Waals surface area contributed by atoms with Crippen LogP contribution in [0, 0.1) is 6.92 Å². The summed E-state index contributed by atoms with van der Waals surface area (Å²) < 4.78 is 5.83. The fourth-order valence-electron chi connectivity index (χ4n) is 1.73. The Balaban J connectivity index is 2.47. The van der Waals surface area contributed by atoms with Gasteiger partial charge in [0.05, 0.1) is 16.8 Å². The Hall–Kier alpha value is -1.88. The molecule has 0 unspecified atom stereocenters. The first kappa shape index (κ1) is 15.5. The van der Waals surface area contributed by atoms with Crippen LogP contribution in [-0.4, -0.2) is 22.0 Å². The maximum Gasteiger partial charge on any atom is 0.227 e. The predicted octanol–water partition coefficient (Wildman–Crippen LogP) is 3.96. The highest BCUT2D eigenvalue weighted by Gasteiger charge is 2.21. The van der Waals surface area contributed by atoms with Gasteiger partial charge >= 0.3 is 0 Å². The molecule has 6 heteroatoms. The fraction of sp³-hybridized carbons (Fsp3) is 0.400. The van der Waals surface area contributed by atoms with E-state index in [9.17, 15) is 0 Å². The zero-order chi connectivity index (χ0) is 15.6. The minimum atomic E-state index is -0.177. The summed E-state index contributed by atoms with van der Waals surface area (Å²) in [6.07, 6.45) is 3.16. The van der Waals surface area contributed by atoms with Gasteiger partial charge < -0.3 is 10.1 Å². The summed E-state index contributed by atoms with van der Waals surface area (Å²) in [5.74, 6) is 2.51. The molecule has 5 nitrogen and oxygen atoms in total. The minimum Gasteiger partial charge on any atom is -0.437 e. The van der Waals surface area contributed by atoms with Gasteiger partial charge in [0.25, 0.3) is 0 Å². The lowest BCUT2D eigenvalue weighted by atomic mass is 9.95. The zero-order valence-electron chi connectivity index (χ0n) is 12.9. The van der Waals surface area contributed by atoms with E-state index < -0.39 is 0 Å². The van der Waals surface area contributed by atoms with E-state index in [2.05, 4.69) is 41.0 Å². The number of anilines is 1. The van der Waals surface area contributed by atoms with Crippen LogP contribution in [0.15, 0.2) is 18.5 Å². The number of nitrogens with one attached hydrogen (secondary N) is 1. The molecule has 0 bridgehead atoms. The molecule has 0 aliphatic rings. The highest BCUT2D eigenvalue weighted by Crippen LogP contribution is 2.30. The number of aromatic nitrogens is 3. The molecule has 2 heterocycles. The zero-order valence-corrected chi connectivity index (χ0v) is 13.6. The first-order valence-electron chi connectivity index (χ1n) is 6.66. The van der Waals surface area contributed by atoms with E-state index in [1.807, 2.05) is 14.0 Å². The second-order valence-electron chi connectivity index (χ2n) is 5.77. The molecule has 0 radical (unpaired) electrons. The summed E-state index contributed by atoms with van der Waals surface area (Å²) in [6, 6.07) is 1.70. The second kappa shape index (κ2) is 5.85. The van der Waals surface area contributed by atoms with Gasteiger partial charge in [0.2, 0.25) is 5.88 Å². The fourth-order valence-corrected chi connectivity index (χ4v) is 1.90. The van der Waals surface area contributed by atoms with Crippen LogP contribution in [0.3, 0.4) is 0 Å². The second-order valence-corrected chi connectivity index (χ2v) is 6.20. The first-order chi connectivity index (χ1) is 9.81. The van der Waals surface area contributed by atoms with Gasteiger partial charge in [0, 0.05) is 24.7 Å². The molecule has 0 saturated heterocycles. The van der Waals surface area contributed by atoms with E-state index in [4.69, 9.17) is 16.3 Å². The molecule has 0 fully saturated rings. The third-order valence-electron chi connectivity index (χ3n) is 2.90. The molecule has 2 aromatic rings. The quantitative estimate of drug-likeness (QED) is 0.930. The molecule has 21 heavy (non-hydrogen) atoms. The van der Waals surface area contributed by atoms with Crippen molar-refractivity contribution in [3.05, 3.63) is 34.9 Å². The summed E-state index contributed by atoms with van der Waals surface area (Å²) in [6.45, 7) is 8.08. The standard InChI is InChI=1S/C15H19ClN4O/c1-9-12(17-5)19-14(15(2,3)4)20-13(9)21-11-6-10(16)7-18-8-11/h6-8H,1-5H3,(H,17,19,20). The van der Waals surface area contributed by atoms with Crippen LogP contribution in [-0.2, 0) is 5.41 Å². The largest absolute Gasteiger partial charge is 0.437 e. The Labute approximate surface area is 129 Å². The van der Waals surface area contributed by atoms with Crippen molar-refractivity contribution in [2.45, 2.75) is 33.1 Å². The van der Waals surface area contributed by atoms with Crippen LogP contribution >= 0.6 is 11.6 Å². The number of rotatable bonds is 3. The molecule has 0 atom stereocenters. The topological polar surface area (TPSA) is 59.9 Å². The van der Waals surface area contributed by atoms with Crippen molar-refractivity contribution in [3.63, 3.8) is 0 Å². The van der Waals surface area contributed by atoms with Gasteiger partial charge in [-0.3, -0.25) is 4.98 Å². The molecule has 2 rings (SSSR count). The number of hydrogen-bond acceptors (Lipinski definition) is 5. The Bertz CT molecular complexity index is 653. The maximum atomic E-state index is 5.93. The van der Waals surface area contributed by atoms with E-state index in [0.717, 1.165) is 11.4 Å². The highest BCUT2D eigenvalue weighted by molar-refractivity contribution is 6.30. The predicted molar refractivity (Wildman–Crippen MR) is 84.3 cm³/mol.